The van der Waals surface area contributed by atoms with Gasteiger partial charge in [-0.1, -0.05) is 19.3 Å². The van der Waals surface area contributed by atoms with Crippen molar-refractivity contribution in [2.24, 2.45) is 22.1 Å². The monoisotopic (exact) mass is 210 g/mol. The lowest BCUT2D eigenvalue weighted by atomic mass is 9.68. The molecule has 86 valence electrons. The summed E-state index contributed by atoms with van der Waals surface area (Å²) in [6, 6.07) is 0. The maximum absolute atomic E-state index is 5.72. The summed E-state index contributed by atoms with van der Waals surface area (Å²) in [5, 5.41) is 3.57. The molecule has 0 aromatic rings. The first-order chi connectivity index (χ1) is 7.26. The second-order valence-electron chi connectivity index (χ2n) is 5.04. The van der Waals surface area contributed by atoms with E-state index >= 15 is 0 Å². The molecule has 1 spiro atoms. The summed E-state index contributed by atoms with van der Waals surface area (Å²) in [4.78, 5) is 2.11. The number of rotatable bonds is 0. The van der Waals surface area contributed by atoms with E-state index in [1.54, 1.807) is 0 Å². The predicted octanol–water partition coefficient (Wildman–Crippen LogP) is 1.22. The van der Waals surface area contributed by atoms with E-state index in [9.17, 15) is 0 Å². The summed E-state index contributed by atoms with van der Waals surface area (Å²) in [5.74, 6) is 5.69. The van der Waals surface area contributed by atoms with Gasteiger partial charge in [0.15, 0.2) is 0 Å². The lowest BCUT2D eigenvalue weighted by molar-refractivity contribution is 0.0972. The van der Waals surface area contributed by atoms with Gasteiger partial charge in [0.25, 0.3) is 0 Å². The molecule has 2 aliphatic rings. The zero-order chi connectivity index (χ0) is 10.7. The summed E-state index contributed by atoms with van der Waals surface area (Å²) < 4.78 is 0. The van der Waals surface area contributed by atoms with Crippen molar-refractivity contribution in [1.82, 2.24) is 4.90 Å². The highest BCUT2D eigenvalue weighted by Crippen LogP contribution is 2.44. The Bertz CT molecular complexity index is 233. The van der Waals surface area contributed by atoms with Gasteiger partial charge in [0.2, 0.25) is 5.96 Å². The van der Waals surface area contributed by atoms with E-state index in [1.807, 2.05) is 0 Å². The van der Waals surface area contributed by atoms with Crippen molar-refractivity contribution in [3.05, 3.63) is 0 Å². The van der Waals surface area contributed by atoms with Crippen molar-refractivity contribution in [3.63, 3.8) is 0 Å². The van der Waals surface area contributed by atoms with Crippen LogP contribution in [0.3, 0.4) is 0 Å². The van der Waals surface area contributed by atoms with E-state index in [0.717, 1.165) is 13.1 Å². The lowest BCUT2D eigenvalue weighted by Gasteiger charge is -2.44. The summed E-state index contributed by atoms with van der Waals surface area (Å²) in [5.41, 5.74) is 6.35. The largest absolute Gasteiger partial charge is 0.368 e. The fourth-order valence-electron chi connectivity index (χ4n) is 3.09. The van der Waals surface area contributed by atoms with Crippen molar-refractivity contribution in [3.8, 4) is 0 Å². The number of piperidine rings is 1. The number of hydrogen-bond acceptors (Lipinski definition) is 2. The van der Waals surface area contributed by atoms with Gasteiger partial charge in [-0.2, -0.15) is 0 Å². The topological polar surface area (TPSA) is 67.6 Å². The van der Waals surface area contributed by atoms with E-state index in [-0.39, 0.29) is 0 Å². The number of nitrogens with zero attached hydrogens (tertiary/aromatic N) is 2. The molecule has 15 heavy (non-hydrogen) atoms. The van der Waals surface area contributed by atoms with Crippen LogP contribution in [0.5, 0.6) is 0 Å². The minimum atomic E-state index is 0.501. The van der Waals surface area contributed by atoms with Crippen LogP contribution < -0.4 is 11.6 Å². The number of nitrogens with two attached hydrogens (primary N) is 2. The van der Waals surface area contributed by atoms with Crippen LogP contribution in [0.1, 0.15) is 44.9 Å². The first kappa shape index (κ1) is 10.6. The third-order valence-corrected chi connectivity index (χ3v) is 4.19. The maximum Gasteiger partial charge on any atom is 0.213 e. The molecule has 1 aliphatic heterocycles. The normalized spacial score (nSPS) is 26.9. The fourth-order valence-corrected chi connectivity index (χ4v) is 3.09. The standard InChI is InChI=1S/C11H22N4/c12-10(14-13)15-8-6-11(7-9-15)4-2-1-3-5-11/h1-9,13H2,(H2,12,14). The molecule has 1 heterocycles. The van der Waals surface area contributed by atoms with Crippen LogP contribution in [0.15, 0.2) is 5.10 Å². The average molecular weight is 210 g/mol. The highest BCUT2D eigenvalue weighted by Gasteiger charge is 2.35. The Morgan fingerprint density at radius 2 is 1.60 bits per heavy atom. The number of hydrogen-bond donors (Lipinski definition) is 2. The zero-order valence-electron chi connectivity index (χ0n) is 9.41. The molecule has 0 unspecified atom stereocenters. The van der Waals surface area contributed by atoms with E-state index in [0.29, 0.717) is 11.4 Å². The smallest absolute Gasteiger partial charge is 0.213 e. The van der Waals surface area contributed by atoms with Gasteiger partial charge in [0.1, 0.15) is 0 Å². The average Bonchev–Trinajstić information content (AvgIpc) is 2.30. The first-order valence-electron chi connectivity index (χ1n) is 6.04. The van der Waals surface area contributed by atoms with Gasteiger partial charge >= 0.3 is 0 Å². The highest BCUT2D eigenvalue weighted by molar-refractivity contribution is 5.77. The molecular formula is C11H22N4. The van der Waals surface area contributed by atoms with Crippen LogP contribution in [-0.2, 0) is 0 Å². The summed E-state index contributed by atoms with van der Waals surface area (Å²) in [6.07, 6.45) is 9.63. The van der Waals surface area contributed by atoms with E-state index in [2.05, 4.69) is 10.0 Å². The molecule has 0 aromatic carbocycles. The minimum absolute atomic E-state index is 0.501. The number of hydrazone groups is 1. The van der Waals surface area contributed by atoms with Crippen molar-refractivity contribution in [1.29, 1.82) is 0 Å². The third-order valence-electron chi connectivity index (χ3n) is 4.19. The lowest BCUT2D eigenvalue weighted by Crippen LogP contribution is -2.47. The first-order valence-corrected chi connectivity index (χ1v) is 6.04. The molecule has 0 bridgehead atoms. The molecule has 1 aliphatic carbocycles. The molecule has 4 heteroatoms. The molecule has 2 fully saturated rings. The van der Waals surface area contributed by atoms with Crippen LogP contribution in [0, 0.1) is 5.41 Å². The second-order valence-corrected chi connectivity index (χ2v) is 5.04. The predicted molar refractivity (Wildman–Crippen MR) is 62.1 cm³/mol. The van der Waals surface area contributed by atoms with Crippen LogP contribution in [0.4, 0.5) is 0 Å². The van der Waals surface area contributed by atoms with E-state index < -0.39 is 0 Å². The Morgan fingerprint density at radius 3 is 2.13 bits per heavy atom. The molecule has 0 aromatic heterocycles. The van der Waals surface area contributed by atoms with Gasteiger partial charge in [-0.05, 0) is 31.1 Å². The summed E-state index contributed by atoms with van der Waals surface area (Å²) in [6.45, 7) is 2.07. The SMILES string of the molecule is NN=C(N)N1CCC2(CCCCC2)CC1. The molecule has 2 rings (SSSR count). The quantitative estimate of drug-likeness (QED) is 0.273. The Balaban J connectivity index is 1.90. The number of guanidine groups is 1. The van der Waals surface area contributed by atoms with Gasteiger partial charge < -0.3 is 16.5 Å². The van der Waals surface area contributed by atoms with Crippen LogP contribution in [-0.4, -0.2) is 23.9 Å². The summed E-state index contributed by atoms with van der Waals surface area (Å²) >= 11 is 0. The number of likely N-dealkylation sites (tertiary alicyclic amines) is 1. The van der Waals surface area contributed by atoms with Gasteiger partial charge in [-0.3, -0.25) is 0 Å². The van der Waals surface area contributed by atoms with E-state index in [4.69, 9.17) is 11.6 Å². The van der Waals surface area contributed by atoms with Crippen molar-refractivity contribution in [2.75, 3.05) is 13.1 Å². The minimum Gasteiger partial charge on any atom is -0.368 e. The Morgan fingerprint density at radius 1 is 1.00 bits per heavy atom. The van der Waals surface area contributed by atoms with Crippen molar-refractivity contribution < 1.29 is 0 Å². The van der Waals surface area contributed by atoms with Crippen molar-refractivity contribution in [2.45, 2.75) is 44.9 Å². The summed E-state index contributed by atoms with van der Waals surface area (Å²) in [7, 11) is 0. The molecule has 0 atom stereocenters. The zero-order valence-corrected chi connectivity index (χ0v) is 9.41. The third kappa shape index (κ3) is 2.19. The fraction of sp³-hybridized carbons (Fsp3) is 0.909. The van der Waals surface area contributed by atoms with Crippen LogP contribution in [0.25, 0.3) is 0 Å². The van der Waals surface area contributed by atoms with Crippen LogP contribution >= 0.6 is 0 Å². The molecule has 4 N–H and O–H groups in total. The van der Waals surface area contributed by atoms with Gasteiger partial charge in [-0.25, -0.2) is 0 Å². The Labute approximate surface area is 91.7 Å². The van der Waals surface area contributed by atoms with Gasteiger partial charge in [0, 0.05) is 13.1 Å². The molecule has 0 radical (unpaired) electrons. The molecule has 1 saturated heterocycles. The maximum atomic E-state index is 5.72. The molecule has 1 saturated carbocycles. The van der Waals surface area contributed by atoms with Crippen LogP contribution in [0.2, 0.25) is 0 Å². The highest BCUT2D eigenvalue weighted by atomic mass is 15.3. The molecule has 4 nitrogen and oxygen atoms in total. The van der Waals surface area contributed by atoms with Gasteiger partial charge in [0.05, 0.1) is 0 Å². The Kier molecular flexibility index (Phi) is 3.03. The Hall–Kier alpha value is -0.930. The molecule has 0 amide bonds. The van der Waals surface area contributed by atoms with Gasteiger partial charge in [-0.15, -0.1) is 5.10 Å². The van der Waals surface area contributed by atoms with Crippen molar-refractivity contribution >= 4 is 5.96 Å². The molecular weight excluding hydrogens is 188 g/mol. The van der Waals surface area contributed by atoms with E-state index in [1.165, 1.54) is 44.9 Å². The second kappa shape index (κ2) is 4.29.